The third-order valence-corrected chi connectivity index (χ3v) is 6.22. The molecule has 4 unspecified atom stereocenters. The van der Waals surface area contributed by atoms with Crippen molar-refractivity contribution in [2.75, 3.05) is 12.0 Å². The maximum absolute atomic E-state index is 13.3. The van der Waals surface area contributed by atoms with Gasteiger partial charge in [-0.2, -0.15) is 11.8 Å². The predicted molar refractivity (Wildman–Crippen MR) is 141 cm³/mol. The zero-order valence-corrected chi connectivity index (χ0v) is 21.9. The molecule has 212 valence electrons. The van der Waals surface area contributed by atoms with Crippen LogP contribution in [-0.2, 0) is 36.8 Å². The lowest BCUT2D eigenvalue weighted by atomic mass is 10.0. The van der Waals surface area contributed by atoms with Crippen LogP contribution in [0.1, 0.15) is 24.1 Å². The van der Waals surface area contributed by atoms with E-state index in [1.807, 2.05) is 0 Å². The van der Waals surface area contributed by atoms with Crippen LogP contribution in [0.5, 0.6) is 5.75 Å². The quantitative estimate of drug-likeness (QED) is 0.123. The van der Waals surface area contributed by atoms with E-state index in [1.54, 1.807) is 18.4 Å². The number of benzene rings is 1. The molecule has 0 radical (unpaired) electrons. The van der Waals surface area contributed by atoms with Gasteiger partial charge in [0.1, 0.15) is 23.9 Å². The van der Waals surface area contributed by atoms with Gasteiger partial charge in [-0.25, -0.2) is 9.78 Å². The number of hydrogen-bond acceptors (Lipinski definition) is 9. The van der Waals surface area contributed by atoms with E-state index in [0.717, 1.165) is 0 Å². The number of imidazole rings is 1. The molecule has 15 heteroatoms. The van der Waals surface area contributed by atoms with Crippen molar-refractivity contribution in [1.82, 2.24) is 25.9 Å². The number of aromatic hydroxyl groups is 1. The van der Waals surface area contributed by atoms with E-state index < -0.39 is 60.2 Å². The van der Waals surface area contributed by atoms with E-state index in [9.17, 15) is 34.2 Å². The molecule has 0 saturated carbocycles. The molecule has 0 spiro atoms. The second-order valence-electron chi connectivity index (χ2n) is 8.66. The molecule has 2 rings (SSSR count). The van der Waals surface area contributed by atoms with Crippen LogP contribution in [0.2, 0.25) is 0 Å². The summed E-state index contributed by atoms with van der Waals surface area (Å²) in [5.74, 6) is -4.52. The summed E-state index contributed by atoms with van der Waals surface area (Å²) in [6, 6.07) is 0.720. The van der Waals surface area contributed by atoms with Crippen LogP contribution in [0.4, 0.5) is 0 Å². The van der Waals surface area contributed by atoms with Crippen LogP contribution < -0.4 is 21.7 Å². The first-order valence-corrected chi connectivity index (χ1v) is 13.2. The van der Waals surface area contributed by atoms with Gasteiger partial charge in [0.25, 0.3) is 0 Å². The number of thioether (sulfide) groups is 1. The van der Waals surface area contributed by atoms with Gasteiger partial charge in [-0.1, -0.05) is 12.1 Å². The summed E-state index contributed by atoms with van der Waals surface area (Å²) in [5, 5.41) is 35.5. The number of hydrogen-bond donors (Lipinski definition) is 8. The number of aromatic amines is 1. The van der Waals surface area contributed by atoms with Gasteiger partial charge in [-0.15, -0.1) is 0 Å². The Balaban J connectivity index is 2.28. The van der Waals surface area contributed by atoms with Gasteiger partial charge in [-0.3, -0.25) is 19.2 Å². The summed E-state index contributed by atoms with van der Waals surface area (Å²) >= 11 is 1.41. The average Bonchev–Trinajstić information content (AvgIpc) is 3.39. The summed E-state index contributed by atoms with van der Waals surface area (Å²) < 4.78 is 0. The second kappa shape index (κ2) is 15.3. The number of phenolic OH excluding ortho intramolecular Hbond substituents is 1. The van der Waals surface area contributed by atoms with Gasteiger partial charge < -0.3 is 42.0 Å². The first-order valence-electron chi connectivity index (χ1n) is 11.9. The number of aromatic nitrogens is 2. The molecular weight excluding hydrogens is 532 g/mol. The minimum absolute atomic E-state index is 0.00757. The lowest BCUT2D eigenvalue weighted by molar-refractivity contribution is -0.142. The fourth-order valence-electron chi connectivity index (χ4n) is 3.50. The number of carboxylic acid groups (broad SMARTS) is 2. The van der Waals surface area contributed by atoms with E-state index in [4.69, 9.17) is 10.8 Å². The molecule has 14 nitrogen and oxygen atoms in total. The standard InChI is InChI=1S/C24H32N6O8S/c1-39-7-6-17(24(37)38)28-22(35)18(8-13-2-4-15(31)5-3-13)30-23(36)19(9-14-11-26-12-27-14)29-21(34)16(25)10-20(32)33/h2-5,11-12,16-19,31H,6-10,25H2,1H3,(H,26,27)(H,28,35)(H,29,34)(H,30,36)(H,32,33)(H,37,38). The highest BCUT2D eigenvalue weighted by molar-refractivity contribution is 7.98. The first kappa shape index (κ1) is 31.1. The highest BCUT2D eigenvalue weighted by Crippen LogP contribution is 2.12. The number of nitrogens with zero attached hydrogens (tertiary/aromatic N) is 1. The molecule has 1 aromatic heterocycles. The molecule has 0 bridgehead atoms. The van der Waals surface area contributed by atoms with Crippen LogP contribution in [0, 0.1) is 0 Å². The van der Waals surface area contributed by atoms with Crippen molar-refractivity contribution in [1.29, 1.82) is 0 Å². The van der Waals surface area contributed by atoms with Gasteiger partial charge in [0.15, 0.2) is 0 Å². The minimum atomic E-state index is -1.43. The minimum Gasteiger partial charge on any atom is -0.508 e. The fraction of sp³-hybridized carbons (Fsp3) is 0.417. The van der Waals surface area contributed by atoms with Crippen molar-refractivity contribution in [2.45, 2.75) is 49.9 Å². The molecule has 0 aliphatic heterocycles. The van der Waals surface area contributed by atoms with Crippen molar-refractivity contribution < 1.29 is 39.3 Å². The lowest BCUT2D eigenvalue weighted by Gasteiger charge is -2.25. The van der Waals surface area contributed by atoms with E-state index in [2.05, 4.69) is 25.9 Å². The normalized spacial score (nSPS) is 13.9. The Hall–Kier alpha value is -4.11. The van der Waals surface area contributed by atoms with Crippen molar-refractivity contribution in [2.24, 2.45) is 5.73 Å². The average molecular weight is 565 g/mol. The molecule has 2 aromatic rings. The van der Waals surface area contributed by atoms with Crippen LogP contribution in [0.3, 0.4) is 0 Å². The van der Waals surface area contributed by atoms with Gasteiger partial charge >= 0.3 is 11.9 Å². The van der Waals surface area contributed by atoms with Crippen LogP contribution >= 0.6 is 11.8 Å². The lowest BCUT2D eigenvalue weighted by Crippen LogP contribution is -2.58. The molecule has 1 aromatic carbocycles. The molecule has 39 heavy (non-hydrogen) atoms. The zero-order valence-electron chi connectivity index (χ0n) is 21.1. The molecule has 0 aliphatic rings. The second-order valence-corrected chi connectivity index (χ2v) is 9.64. The number of amides is 3. The number of H-pyrrole nitrogens is 1. The molecule has 0 aliphatic carbocycles. The van der Waals surface area contributed by atoms with Crippen LogP contribution in [-0.4, -0.2) is 91.1 Å². The van der Waals surface area contributed by atoms with Crippen molar-refractivity contribution in [3.8, 4) is 5.75 Å². The Bertz CT molecular complexity index is 1130. The maximum Gasteiger partial charge on any atom is 0.326 e. The number of nitrogens with two attached hydrogens (primary N) is 1. The number of carbonyl (C=O) groups is 5. The Morgan fingerprint density at radius 1 is 0.949 bits per heavy atom. The first-order chi connectivity index (χ1) is 18.5. The highest BCUT2D eigenvalue weighted by atomic mass is 32.2. The number of carbonyl (C=O) groups excluding carboxylic acids is 3. The molecule has 9 N–H and O–H groups in total. The monoisotopic (exact) mass is 564 g/mol. The molecule has 4 atom stereocenters. The maximum atomic E-state index is 13.3. The highest BCUT2D eigenvalue weighted by Gasteiger charge is 2.31. The molecule has 0 fully saturated rings. The summed E-state index contributed by atoms with van der Waals surface area (Å²) in [5.41, 5.74) is 6.66. The Kier molecular flexibility index (Phi) is 12.2. The number of aliphatic carboxylic acids is 2. The zero-order chi connectivity index (χ0) is 28.9. The Morgan fingerprint density at radius 2 is 1.54 bits per heavy atom. The number of phenols is 1. The van der Waals surface area contributed by atoms with E-state index in [-0.39, 0.29) is 25.0 Å². The van der Waals surface area contributed by atoms with E-state index in [1.165, 1.54) is 36.4 Å². The molecule has 3 amide bonds. The van der Waals surface area contributed by atoms with Crippen molar-refractivity contribution in [3.05, 3.63) is 48.0 Å². The smallest absolute Gasteiger partial charge is 0.326 e. The number of nitrogens with one attached hydrogen (secondary N) is 4. The molecule has 1 heterocycles. The van der Waals surface area contributed by atoms with Gasteiger partial charge in [0, 0.05) is 24.7 Å². The van der Waals surface area contributed by atoms with Gasteiger partial charge in [0.2, 0.25) is 17.7 Å². The van der Waals surface area contributed by atoms with Crippen LogP contribution in [0.25, 0.3) is 0 Å². The Morgan fingerprint density at radius 3 is 2.08 bits per heavy atom. The topological polar surface area (TPSA) is 237 Å². The summed E-state index contributed by atoms with van der Waals surface area (Å²) in [6.45, 7) is 0. The number of rotatable bonds is 16. The fourth-order valence-corrected chi connectivity index (χ4v) is 3.97. The van der Waals surface area contributed by atoms with E-state index in [0.29, 0.717) is 17.0 Å². The predicted octanol–water partition coefficient (Wildman–Crippen LogP) is -1.01. The Labute approximate surface area is 228 Å². The van der Waals surface area contributed by atoms with Gasteiger partial charge in [0.05, 0.1) is 18.8 Å². The van der Waals surface area contributed by atoms with E-state index >= 15 is 0 Å². The van der Waals surface area contributed by atoms with Gasteiger partial charge in [-0.05, 0) is 36.1 Å². The largest absolute Gasteiger partial charge is 0.508 e. The van der Waals surface area contributed by atoms with Crippen molar-refractivity contribution >= 4 is 41.4 Å². The molecular formula is C24H32N6O8S. The summed E-state index contributed by atoms with van der Waals surface area (Å²) in [7, 11) is 0. The number of carboxylic acids is 2. The SMILES string of the molecule is CSCCC(NC(=O)C(Cc1ccc(O)cc1)NC(=O)C(Cc1cnc[nH]1)NC(=O)C(N)CC(=O)O)C(=O)O. The third-order valence-electron chi connectivity index (χ3n) is 5.58. The molecule has 0 saturated heterocycles. The third kappa shape index (κ3) is 10.6. The van der Waals surface area contributed by atoms with Crippen molar-refractivity contribution in [3.63, 3.8) is 0 Å². The van der Waals surface area contributed by atoms with Crippen LogP contribution in [0.15, 0.2) is 36.8 Å². The summed E-state index contributed by atoms with van der Waals surface area (Å²) in [6.07, 6.45) is 3.93. The summed E-state index contributed by atoms with van der Waals surface area (Å²) in [4.78, 5) is 68.3.